The highest BCUT2D eigenvalue weighted by Crippen LogP contribution is 2.28. The molecule has 2 aromatic heterocycles. The van der Waals surface area contributed by atoms with Crippen LogP contribution in [-0.2, 0) is 0 Å². The number of non-ortho nitro benzene ring substituents is 1. The van der Waals surface area contributed by atoms with Crippen LogP contribution in [0.25, 0.3) is 17.2 Å². The van der Waals surface area contributed by atoms with E-state index in [9.17, 15) is 14.9 Å². The van der Waals surface area contributed by atoms with Gasteiger partial charge in [0.2, 0.25) is 0 Å². The fraction of sp³-hybridized carbons (Fsp3) is 0.0909. The van der Waals surface area contributed by atoms with Gasteiger partial charge in [-0.25, -0.2) is 0 Å². The Hall–Kier alpha value is -4.05. The van der Waals surface area contributed by atoms with Crippen molar-refractivity contribution < 1.29 is 14.5 Å². The van der Waals surface area contributed by atoms with Crippen molar-refractivity contribution >= 4 is 23.2 Å². The molecule has 10 heteroatoms. The minimum atomic E-state index is -0.501. The number of benzene rings is 2. The van der Waals surface area contributed by atoms with E-state index < -0.39 is 4.92 Å². The Labute approximate surface area is 187 Å². The largest absolute Gasteiger partial charge is 0.497 e. The first-order valence-electron chi connectivity index (χ1n) is 9.48. The number of methoxy groups -OCH3 is 1. The van der Waals surface area contributed by atoms with Crippen molar-refractivity contribution in [2.45, 2.75) is 5.16 Å². The van der Waals surface area contributed by atoms with Crippen LogP contribution in [0.2, 0.25) is 0 Å². The van der Waals surface area contributed by atoms with Crippen molar-refractivity contribution in [2.24, 2.45) is 0 Å². The first kappa shape index (κ1) is 21.2. The number of pyridine rings is 1. The third-order valence-corrected chi connectivity index (χ3v) is 5.52. The van der Waals surface area contributed by atoms with Gasteiger partial charge in [0.1, 0.15) is 11.4 Å². The maximum Gasteiger partial charge on any atom is 0.269 e. The van der Waals surface area contributed by atoms with Crippen molar-refractivity contribution in [3.63, 3.8) is 0 Å². The minimum Gasteiger partial charge on any atom is -0.497 e. The number of carbonyl (C=O) groups is 1. The molecule has 4 rings (SSSR count). The van der Waals surface area contributed by atoms with Gasteiger partial charge in [-0.1, -0.05) is 17.8 Å². The van der Waals surface area contributed by atoms with E-state index in [-0.39, 0.29) is 17.2 Å². The predicted octanol–water partition coefficient (Wildman–Crippen LogP) is 4.22. The van der Waals surface area contributed by atoms with E-state index in [1.165, 1.54) is 36.0 Å². The summed E-state index contributed by atoms with van der Waals surface area (Å²) in [7, 11) is 1.60. The van der Waals surface area contributed by atoms with E-state index in [0.29, 0.717) is 28.0 Å². The highest BCUT2D eigenvalue weighted by molar-refractivity contribution is 7.99. The summed E-state index contributed by atoms with van der Waals surface area (Å²) in [6, 6.07) is 18.4. The van der Waals surface area contributed by atoms with Gasteiger partial charge in [0.05, 0.1) is 23.5 Å². The van der Waals surface area contributed by atoms with E-state index in [1.54, 1.807) is 13.3 Å². The number of aromatic nitrogens is 4. The number of ketones is 1. The van der Waals surface area contributed by atoms with Crippen LogP contribution in [-0.4, -0.2) is 43.3 Å². The first-order valence-corrected chi connectivity index (χ1v) is 10.5. The molecule has 160 valence electrons. The van der Waals surface area contributed by atoms with Crippen LogP contribution in [0.15, 0.2) is 78.1 Å². The number of rotatable bonds is 8. The Morgan fingerprint density at radius 2 is 1.81 bits per heavy atom. The number of nitro groups is 1. The van der Waals surface area contributed by atoms with E-state index in [0.717, 1.165) is 5.69 Å². The molecule has 0 aliphatic rings. The van der Waals surface area contributed by atoms with Crippen LogP contribution in [0.4, 0.5) is 5.69 Å². The van der Waals surface area contributed by atoms with Gasteiger partial charge in [-0.05, 0) is 48.5 Å². The Bertz CT molecular complexity index is 1240. The number of hydrogen-bond donors (Lipinski definition) is 0. The molecule has 0 spiro atoms. The van der Waals surface area contributed by atoms with Gasteiger partial charge in [-0.2, -0.15) is 0 Å². The normalized spacial score (nSPS) is 10.7. The molecule has 9 nitrogen and oxygen atoms in total. The zero-order chi connectivity index (χ0) is 22.5. The van der Waals surface area contributed by atoms with Crippen LogP contribution in [0.3, 0.4) is 0 Å². The summed E-state index contributed by atoms with van der Waals surface area (Å²) in [5, 5.41) is 19.9. The molecule has 2 aromatic carbocycles. The van der Waals surface area contributed by atoms with Crippen LogP contribution >= 0.6 is 11.8 Å². The van der Waals surface area contributed by atoms with E-state index in [1.807, 2.05) is 47.0 Å². The molecule has 0 saturated carbocycles. The first-order chi connectivity index (χ1) is 15.6. The van der Waals surface area contributed by atoms with Crippen LogP contribution < -0.4 is 4.74 Å². The maximum atomic E-state index is 12.6. The number of hydrogen-bond acceptors (Lipinski definition) is 8. The Morgan fingerprint density at radius 3 is 2.44 bits per heavy atom. The standard InChI is InChI=1S/C22H17N5O4S/c1-31-18-11-9-16(10-12-18)26-21(19-4-2-3-13-23-19)24-25-22(26)32-14-20(28)15-5-7-17(8-6-15)27(29)30/h2-13H,14H2,1H3. The van der Waals surface area contributed by atoms with Gasteiger partial charge >= 0.3 is 0 Å². The smallest absolute Gasteiger partial charge is 0.269 e. The van der Waals surface area contributed by atoms with Gasteiger partial charge in [0.15, 0.2) is 16.8 Å². The lowest BCUT2D eigenvalue weighted by Crippen LogP contribution is -2.05. The van der Waals surface area contributed by atoms with Gasteiger partial charge in [-0.3, -0.25) is 24.5 Å². The van der Waals surface area contributed by atoms with Gasteiger partial charge in [0.25, 0.3) is 5.69 Å². The monoisotopic (exact) mass is 447 g/mol. The number of ether oxygens (including phenoxy) is 1. The molecule has 0 saturated heterocycles. The SMILES string of the molecule is COc1ccc(-n2c(SCC(=O)c3ccc([N+](=O)[O-])cc3)nnc2-c2ccccn2)cc1. The Balaban J connectivity index is 1.62. The molecule has 0 aliphatic carbocycles. The molecule has 0 bridgehead atoms. The van der Waals surface area contributed by atoms with Crippen molar-refractivity contribution in [3.8, 4) is 23.0 Å². The van der Waals surface area contributed by atoms with E-state index in [4.69, 9.17) is 4.74 Å². The van der Waals surface area contributed by atoms with Gasteiger partial charge in [0, 0.05) is 23.9 Å². The molecular weight excluding hydrogens is 430 g/mol. The summed E-state index contributed by atoms with van der Waals surface area (Å²) < 4.78 is 7.07. The van der Waals surface area contributed by atoms with Gasteiger partial charge in [-0.15, -0.1) is 10.2 Å². The second kappa shape index (κ2) is 9.40. The van der Waals surface area contributed by atoms with Crippen LogP contribution in [0.1, 0.15) is 10.4 Å². The summed E-state index contributed by atoms with van der Waals surface area (Å²) >= 11 is 1.23. The molecular formula is C22H17N5O4S. The zero-order valence-corrected chi connectivity index (χ0v) is 17.7. The molecule has 0 atom stereocenters. The third-order valence-electron chi connectivity index (χ3n) is 4.59. The van der Waals surface area contributed by atoms with Crippen molar-refractivity contribution in [1.82, 2.24) is 19.7 Å². The Morgan fingerprint density at radius 1 is 1.06 bits per heavy atom. The van der Waals surface area contributed by atoms with Crippen molar-refractivity contribution in [2.75, 3.05) is 12.9 Å². The average molecular weight is 447 g/mol. The molecule has 0 unspecified atom stereocenters. The summed E-state index contributed by atoms with van der Waals surface area (Å²) in [5.41, 5.74) is 1.77. The summed E-state index contributed by atoms with van der Waals surface area (Å²) in [5.74, 6) is 1.17. The second-order valence-corrected chi connectivity index (χ2v) is 7.51. The lowest BCUT2D eigenvalue weighted by Gasteiger charge is -2.10. The number of carbonyl (C=O) groups excluding carboxylic acids is 1. The minimum absolute atomic E-state index is 0.0616. The lowest BCUT2D eigenvalue weighted by molar-refractivity contribution is -0.384. The van der Waals surface area contributed by atoms with Crippen LogP contribution in [0, 0.1) is 10.1 Å². The Kier molecular flexibility index (Phi) is 6.22. The highest BCUT2D eigenvalue weighted by Gasteiger charge is 2.19. The molecule has 32 heavy (non-hydrogen) atoms. The third kappa shape index (κ3) is 4.49. The lowest BCUT2D eigenvalue weighted by atomic mass is 10.1. The summed E-state index contributed by atoms with van der Waals surface area (Å²) in [6.45, 7) is 0. The topological polar surface area (TPSA) is 113 Å². The average Bonchev–Trinajstić information content (AvgIpc) is 3.27. The van der Waals surface area contributed by atoms with Crippen LogP contribution in [0.5, 0.6) is 5.75 Å². The van der Waals surface area contributed by atoms with E-state index >= 15 is 0 Å². The predicted molar refractivity (Wildman–Crippen MR) is 119 cm³/mol. The number of nitro benzene ring substituents is 1. The van der Waals surface area contributed by atoms with E-state index in [2.05, 4.69) is 15.2 Å². The molecule has 4 aromatic rings. The van der Waals surface area contributed by atoms with Crippen molar-refractivity contribution in [1.29, 1.82) is 0 Å². The fourth-order valence-corrected chi connectivity index (χ4v) is 3.82. The molecule has 0 fully saturated rings. The summed E-state index contributed by atoms with van der Waals surface area (Å²) in [6.07, 6.45) is 1.67. The zero-order valence-electron chi connectivity index (χ0n) is 16.9. The maximum absolute atomic E-state index is 12.6. The number of Topliss-reactive ketones (excluding diaryl/α,β-unsaturated/α-hetero) is 1. The molecule has 0 radical (unpaired) electrons. The van der Waals surface area contributed by atoms with Crippen molar-refractivity contribution in [3.05, 3.63) is 88.6 Å². The number of thioether (sulfide) groups is 1. The molecule has 2 heterocycles. The molecule has 0 N–H and O–H groups in total. The van der Waals surface area contributed by atoms with Gasteiger partial charge < -0.3 is 4.74 Å². The quantitative estimate of drug-likeness (QED) is 0.171. The molecule has 0 aliphatic heterocycles. The fourth-order valence-electron chi connectivity index (χ4n) is 2.97. The highest BCUT2D eigenvalue weighted by atomic mass is 32.2. The summed E-state index contributed by atoms with van der Waals surface area (Å²) in [4.78, 5) is 27.3. The number of nitrogens with zero attached hydrogens (tertiary/aromatic N) is 5. The molecule has 0 amide bonds. The second-order valence-electron chi connectivity index (χ2n) is 6.57.